The number of aryl methyl sites for hydroxylation is 1. The first-order valence-corrected chi connectivity index (χ1v) is 5.89. The molecule has 1 aromatic heterocycles. The van der Waals surface area contributed by atoms with E-state index in [4.69, 9.17) is 0 Å². The molecule has 15 heavy (non-hydrogen) atoms. The molecule has 0 amide bonds. The summed E-state index contributed by atoms with van der Waals surface area (Å²) in [5, 5.41) is 4.26. The van der Waals surface area contributed by atoms with E-state index in [2.05, 4.69) is 30.0 Å². The molecule has 2 heterocycles. The van der Waals surface area contributed by atoms with Gasteiger partial charge in [-0.3, -0.25) is 9.58 Å². The summed E-state index contributed by atoms with van der Waals surface area (Å²) in [6.07, 6.45) is 6.79. The molecule has 0 saturated carbocycles. The summed E-state index contributed by atoms with van der Waals surface area (Å²) < 4.78 is 1.90. The third kappa shape index (κ3) is 2.40. The maximum Gasteiger partial charge on any atom is 0.0537 e. The molecule has 0 bridgehead atoms. The summed E-state index contributed by atoms with van der Waals surface area (Å²) in [4.78, 5) is 2.60. The van der Waals surface area contributed by atoms with Crippen molar-refractivity contribution in [3.8, 4) is 0 Å². The molecule has 0 radical (unpaired) electrons. The topological polar surface area (TPSA) is 21.1 Å². The molecule has 1 atom stereocenters. The van der Waals surface area contributed by atoms with Gasteiger partial charge in [-0.05, 0) is 25.3 Å². The number of nitrogens with zero attached hydrogens (tertiary/aromatic N) is 3. The Morgan fingerprint density at radius 2 is 2.33 bits per heavy atom. The van der Waals surface area contributed by atoms with Crippen molar-refractivity contribution in [3.63, 3.8) is 0 Å². The van der Waals surface area contributed by atoms with E-state index in [9.17, 15) is 0 Å². The fraction of sp³-hybridized carbons (Fsp3) is 0.750. The van der Waals surface area contributed by atoms with Gasteiger partial charge in [0.15, 0.2) is 0 Å². The Morgan fingerprint density at radius 1 is 1.53 bits per heavy atom. The Labute approximate surface area is 92.1 Å². The predicted molar refractivity (Wildman–Crippen MR) is 61.6 cm³/mol. The number of hydrogen-bond donors (Lipinski definition) is 0. The van der Waals surface area contributed by atoms with Crippen LogP contribution in [0.4, 0.5) is 0 Å². The van der Waals surface area contributed by atoms with E-state index in [1.807, 2.05) is 17.9 Å². The van der Waals surface area contributed by atoms with Gasteiger partial charge in [0, 0.05) is 31.4 Å². The van der Waals surface area contributed by atoms with Crippen molar-refractivity contribution in [2.45, 2.75) is 32.7 Å². The quantitative estimate of drug-likeness (QED) is 0.757. The van der Waals surface area contributed by atoms with Crippen molar-refractivity contribution in [2.75, 3.05) is 13.1 Å². The Hall–Kier alpha value is -0.830. The SMILES string of the molecule is CC(C)CN1CCCC1c1cnn(C)c1. The lowest BCUT2D eigenvalue weighted by Crippen LogP contribution is -2.27. The van der Waals surface area contributed by atoms with Crippen molar-refractivity contribution in [1.29, 1.82) is 0 Å². The Kier molecular flexibility index (Phi) is 3.10. The van der Waals surface area contributed by atoms with E-state index < -0.39 is 0 Å². The van der Waals surface area contributed by atoms with Gasteiger partial charge in [0.25, 0.3) is 0 Å². The highest BCUT2D eigenvalue weighted by atomic mass is 15.3. The molecule has 1 aliphatic rings. The molecule has 84 valence electrons. The molecule has 2 rings (SSSR count). The summed E-state index contributed by atoms with van der Waals surface area (Å²) in [6, 6.07) is 0.612. The molecule has 0 spiro atoms. The van der Waals surface area contributed by atoms with E-state index in [0.29, 0.717) is 6.04 Å². The van der Waals surface area contributed by atoms with Gasteiger partial charge in [0.2, 0.25) is 0 Å². The van der Waals surface area contributed by atoms with Gasteiger partial charge >= 0.3 is 0 Å². The summed E-state index contributed by atoms with van der Waals surface area (Å²) in [6.45, 7) is 7.04. The second kappa shape index (κ2) is 4.35. The molecule has 1 fully saturated rings. The monoisotopic (exact) mass is 207 g/mol. The number of rotatable bonds is 3. The summed E-state index contributed by atoms with van der Waals surface area (Å²) >= 11 is 0. The van der Waals surface area contributed by atoms with Gasteiger partial charge in [0.05, 0.1) is 6.20 Å². The molecule has 1 aliphatic heterocycles. The number of hydrogen-bond acceptors (Lipinski definition) is 2. The highest BCUT2D eigenvalue weighted by Gasteiger charge is 2.26. The van der Waals surface area contributed by atoms with Crippen molar-refractivity contribution in [1.82, 2.24) is 14.7 Å². The van der Waals surface area contributed by atoms with Gasteiger partial charge in [-0.1, -0.05) is 13.8 Å². The maximum atomic E-state index is 4.26. The average Bonchev–Trinajstić information content (AvgIpc) is 2.72. The zero-order valence-electron chi connectivity index (χ0n) is 9.98. The minimum Gasteiger partial charge on any atom is -0.296 e. The average molecular weight is 207 g/mol. The third-order valence-corrected chi connectivity index (χ3v) is 3.07. The van der Waals surface area contributed by atoms with Crippen LogP contribution in [0.1, 0.15) is 38.3 Å². The highest BCUT2D eigenvalue weighted by Crippen LogP contribution is 2.31. The molecule has 1 aromatic rings. The minimum absolute atomic E-state index is 0.612. The smallest absolute Gasteiger partial charge is 0.0537 e. The number of likely N-dealkylation sites (tertiary alicyclic amines) is 1. The summed E-state index contributed by atoms with van der Waals surface area (Å²) in [5.41, 5.74) is 1.38. The van der Waals surface area contributed by atoms with Gasteiger partial charge in [-0.25, -0.2) is 0 Å². The van der Waals surface area contributed by atoms with Crippen LogP contribution in [-0.4, -0.2) is 27.8 Å². The van der Waals surface area contributed by atoms with E-state index >= 15 is 0 Å². The van der Waals surface area contributed by atoms with Crippen LogP contribution in [0.15, 0.2) is 12.4 Å². The van der Waals surface area contributed by atoms with Crippen LogP contribution in [0.25, 0.3) is 0 Å². The molecule has 0 aliphatic carbocycles. The van der Waals surface area contributed by atoms with E-state index in [-0.39, 0.29) is 0 Å². The van der Waals surface area contributed by atoms with Gasteiger partial charge in [-0.15, -0.1) is 0 Å². The van der Waals surface area contributed by atoms with Crippen molar-refractivity contribution in [3.05, 3.63) is 18.0 Å². The minimum atomic E-state index is 0.612. The van der Waals surface area contributed by atoms with Gasteiger partial charge < -0.3 is 0 Å². The standard InChI is InChI=1S/C12H21N3/c1-10(2)8-15-6-4-5-12(15)11-7-13-14(3)9-11/h7,9-10,12H,4-6,8H2,1-3H3. The highest BCUT2D eigenvalue weighted by molar-refractivity contribution is 5.12. The summed E-state index contributed by atoms with van der Waals surface area (Å²) in [5.74, 6) is 0.752. The van der Waals surface area contributed by atoms with E-state index in [0.717, 1.165) is 5.92 Å². The molecular weight excluding hydrogens is 186 g/mol. The van der Waals surface area contributed by atoms with Crippen LogP contribution in [0, 0.1) is 5.92 Å². The fourth-order valence-corrected chi connectivity index (χ4v) is 2.50. The molecule has 3 heteroatoms. The van der Waals surface area contributed by atoms with Crippen LogP contribution < -0.4 is 0 Å². The molecule has 0 N–H and O–H groups in total. The lowest BCUT2D eigenvalue weighted by Gasteiger charge is -2.25. The first-order chi connectivity index (χ1) is 7.16. The zero-order chi connectivity index (χ0) is 10.8. The number of aromatic nitrogens is 2. The Morgan fingerprint density at radius 3 is 2.93 bits per heavy atom. The van der Waals surface area contributed by atoms with Crippen molar-refractivity contribution < 1.29 is 0 Å². The second-order valence-electron chi connectivity index (χ2n) is 4.99. The van der Waals surface area contributed by atoms with Crippen LogP contribution in [0.3, 0.4) is 0 Å². The van der Waals surface area contributed by atoms with Crippen molar-refractivity contribution >= 4 is 0 Å². The van der Waals surface area contributed by atoms with Crippen molar-refractivity contribution in [2.24, 2.45) is 13.0 Å². The predicted octanol–water partition coefficient (Wildman–Crippen LogP) is 2.21. The van der Waals surface area contributed by atoms with Gasteiger partial charge in [-0.2, -0.15) is 5.10 Å². The first kappa shape index (κ1) is 10.7. The lowest BCUT2D eigenvalue weighted by molar-refractivity contribution is 0.229. The molecule has 3 nitrogen and oxygen atoms in total. The molecule has 0 aromatic carbocycles. The van der Waals surface area contributed by atoms with Crippen LogP contribution >= 0.6 is 0 Å². The molecular formula is C12H21N3. The second-order valence-corrected chi connectivity index (χ2v) is 4.99. The van der Waals surface area contributed by atoms with E-state index in [1.165, 1.54) is 31.5 Å². The Bertz CT molecular complexity index is 316. The summed E-state index contributed by atoms with van der Waals surface area (Å²) in [7, 11) is 1.99. The van der Waals surface area contributed by atoms with Gasteiger partial charge in [0.1, 0.15) is 0 Å². The lowest BCUT2D eigenvalue weighted by atomic mass is 10.1. The van der Waals surface area contributed by atoms with E-state index in [1.54, 1.807) is 0 Å². The largest absolute Gasteiger partial charge is 0.296 e. The maximum absolute atomic E-state index is 4.26. The first-order valence-electron chi connectivity index (χ1n) is 5.89. The van der Waals surface area contributed by atoms with Crippen LogP contribution in [0.2, 0.25) is 0 Å². The van der Waals surface area contributed by atoms with Crippen LogP contribution in [0.5, 0.6) is 0 Å². The fourth-order valence-electron chi connectivity index (χ4n) is 2.50. The molecule has 1 saturated heterocycles. The zero-order valence-corrected chi connectivity index (χ0v) is 9.98. The Balaban J connectivity index is 2.07. The molecule has 1 unspecified atom stereocenters. The normalized spacial score (nSPS) is 22.8. The van der Waals surface area contributed by atoms with Crippen LogP contribution in [-0.2, 0) is 7.05 Å². The third-order valence-electron chi connectivity index (χ3n) is 3.07.